The molecule has 0 amide bonds. The Balaban J connectivity index is 2.62. The molecule has 0 aromatic carbocycles. The average Bonchev–Trinajstić information content (AvgIpc) is 2.17. The summed E-state index contributed by atoms with van der Waals surface area (Å²) in [5.74, 6) is 0.832. The molecule has 0 radical (unpaired) electrons. The molecule has 6 heteroatoms. The van der Waals surface area contributed by atoms with Crippen LogP contribution in [0.2, 0.25) is 0 Å². The van der Waals surface area contributed by atoms with E-state index in [-0.39, 0.29) is 5.95 Å². The van der Waals surface area contributed by atoms with Gasteiger partial charge in [0.25, 0.3) is 0 Å². The minimum absolute atomic E-state index is 0.267. The second-order valence-corrected chi connectivity index (χ2v) is 3.56. The number of nitrogens with two attached hydrogens (primary N) is 1. The van der Waals surface area contributed by atoms with Gasteiger partial charge in [-0.25, -0.2) is 0 Å². The van der Waals surface area contributed by atoms with Crippen LogP contribution in [-0.2, 0) is 0 Å². The van der Waals surface area contributed by atoms with Crippen molar-refractivity contribution in [2.45, 2.75) is 24.9 Å². The zero-order valence-electron chi connectivity index (χ0n) is 8.45. The van der Waals surface area contributed by atoms with E-state index in [1.807, 2.05) is 6.26 Å². The van der Waals surface area contributed by atoms with Gasteiger partial charge in [-0.15, -0.1) is 0 Å². The fourth-order valence-electron chi connectivity index (χ4n) is 0.919. The van der Waals surface area contributed by atoms with Gasteiger partial charge >= 0.3 is 0 Å². The van der Waals surface area contributed by atoms with Crippen LogP contribution < -0.4 is 11.1 Å². The first-order valence-corrected chi connectivity index (χ1v) is 5.78. The van der Waals surface area contributed by atoms with E-state index in [2.05, 4.69) is 27.2 Å². The lowest BCUT2D eigenvalue weighted by Gasteiger charge is -2.04. The molecule has 0 aliphatic rings. The van der Waals surface area contributed by atoms with E-state index in [4.69, 9.17) is 5.73 Å². The van der Waals surface area contributed by atoms with Gasteiger partial charge < -0.3 is 11.1 Å². The van der Waals surface area contributed by atoms with Crippen LogP contribution in [-0.4, -0.2) is 27.8 Å². The number of hydrogen-bond acceptors (Lipinski definition) is 6. The maximum Gasteiger partial charge on any atom is 0.228 e. The molecule has 1 aromatic heterocycles. The van der Waals surface area contributed by atoms with Gasteiger partial charge in [-0.2, -0.15) is 15.0 Å². The number of anilines is 2. The molecule has 1 rings (SSSR count). The Morgan fingerprint density at radius 1 is 1.36 bits per heavy atom. The number of nitrogens with zero attached hydrogens (tertiary/aromatic N) is 3. The Morgan fingerprint density at radius 3 is 2.79 bits per heavy atom. The quantitative estimate of drug-likeness (QED) is 0.568. The van der Waals surface area contributed by atoms with Gasteiger partial charge in [-0.1, -0.05) is 25.1 Å². The van der Waals surface area contributed by atoms with Crippen molar-refractivity contribution in [2.24, 2.45) is 0 Å². The van der Waals surface area contributed by atoms with Gasteiger partial charge in [0.15, 0.2) is 5.16 Å². The largest absolute Gasteiger partial charge is 0.368 e. The third kappa shape index (κ3) is 3.37. The Bertz CT molecular complexity index is 291. The third-order valence-electron chi connectivity index (χ3n) is 1.63. The molecule has 0 saturated heterocycles. The molecule has 0 unspecified atom stereocenters. The standard InChI is InChI=1S/C8H15N5S/c1-3-4-5-10-7-11-6(9)12-8(13-7)14-2/h3-5H2,1-2H3,(H3,9,10,11,12,13). The second-order valence-electron chi connectivity index (χ2n) is 2.78. The van der Waals surface area contributed by atoms with E-state index in [0.29, 0.717) is 11.1 Å². The van der Waals surface area contributed by atoms with Crippen molar-refractivity contribution in [3.8, 4) is 0 Å². The summed E-state index contributed by atoms with van der Waals surface area (Å²) in [6.07, 6.45) is 4.15. The Hall–Kier alpha value is -1.04. The Morgan fingerprint density at radius 2 is 2.14 bits per heavy atom. The Kier molecular flexibility index (Phi) is 4.45. The van der Waals surface area contributed by atoms with E-state index >= 15 is 0 Å². The zero-order chi connectivity index (χ0) is 10.4. The van der Waals surface area contributed by atoms with Crippen LogP contribution in [0.15, 0.2) is 5.16 Å². The van der Waals surface area contributed by atoms with Crippen LogP contribution in [0.3, 0.4) is 0 Å². The van der Waals surface area contributed by atoms with Crippen LogP contribution in [0, 0.1) is 0 Å². The average molecular weight is 213 g/mol. The van der Waals surface area contributed by atoms with Crippen LogP contribution in [0.1, 0.15) is 19.8 Å². The van der Waals surface area contributed by atoms with Crippen molar-refractivity contribution >= 4 is 23.7 Å². The van der Waals surface area contributed by atoms with Gasteiger partial charge in [-0.3, -0.25) is 0 Å². The Labute approximate surface area is 87.9 Å². The fourth-order valence-corrected chi connectivity index (χ4v) is 1.28. The highest BCUT2D eigenvalue weighted by Gasteiger charge is 2.01. The molecule has 0 bridgehead atoms. The highest BCUT2D eigenvalue weighted by molar-refractivity contribution is 7.98. The molecule has 0 saturated carbocycles. The monoisotopic (exact) mass is 213 g/mol. The minimum atomic E-state index is 0.267. The summed E-state index contributed by atoms with van der Waals surface area (Å²) in [6, 6.07) is 0. The molecular weight excluding hydrogens is 198 g/mol. The topological polar surface area (TPSA) is 76.7 Å². The van der Waals surface area contributed by atoms with Crippen molar-refractivity contribution in [1.29, 1.82) is 0 Å². The first kappa shape index (κ1) is 11.0. The fraction of sp³-hybridized carbons (Fsp3) is 0.625. The summed E-state index contributed by atoms with van der Waals surface area (Å²) in [6.45, 7) is 3.00. The number of nitrogens with one attached hydrogen (secondary N) is 1. The zero-order valence-corrected chi connectivity index (χ0v) is 9.27. The van der Waals surface area contributed by atoms with Crippen molar-refractivity contribution in [1.82, 2.24) is 15.0 Å². The summed E-state index contributed by atoms with van der Waals surface area (Å²) in [5.41, 5.74) is 5.52. The van der Waals surface area contributed by atoms with Crippen LogP contribution in [0.25, 0.3) is 0 Å². The molecular formula is C8H15N5S. The van der Waals surface area contributed by atoms with Crippen molar-refractivity contribution in [2.75, 3.05) is 23.9 Å². The molecule has 0 fully saturated rings. The molecule has 1 heterocycles. The third-order valence-corrected chi connectivity index (χ3v) is 2.18. The molecule has 5 nitrogen and oxygen atoms in total. The molecule has 14 heavy (non-hydrogen) atoms. The second kappa shape index (κ2) is 5.64. The lowest BCUT2D eigenvalue weighted by molar-refractivity contribution is 0.816. The van der Waals surface area contributed by atoms with E-state index in [1.165, 1.54) is 11.8 Å². The van der Waals surface area contributed by atoms with Gasteiger partial charge in [0.1, 0.15) is 0 Å². The number of rotatable bonds is 5. The van der Waals surface area contributed by atoms with E-state index in [9.17, 15) is 0 Å². The minimum Gasteiger partial charge on any atom is -0.368 e. The number of nitrogen functional groups attached to an aromatic ring is 1. The van der Waals surface area contributed by atoms with E-state index in [0.717, 1.165) is 19.4 Å². The highest BCUT2D eigenvalue weighted by Crippen LogP contribution is 2.11. The lowest BCUT2D eigenvalue weighted by Crippen LogP contribution is -2.08. The predicted molar refractivity (Wildman–Crippen MR) is 59.4 cm³/mol. The van der Waals surface area contributed by atoms with Crippen LogP contribution in [0.4, 0.5) is 11.9 Å². The first-order valence-electron chi connectivity index (χ1n) is 4.55. The van der Waals surface area contributed by atoms with E-state index in [1.54, 1.807) is 0 Å². The summed E-state index contributed by atoms with van der Waals surface area (Å²) < 4.78 is 0. The van der Waals surface area contributed by atoms with Gasteiger partial charge in [-0.05, 0) is 12.7 Å². The number of unbranched alkanes of at least 4 members (excludes halogenated alkanes) is 1. The lowest BCUT2D eigenvalue weighted by atomic mass is 10.3. The summed E-state index contributed by atoms with van der Waals surface area (Å²) >= 11 is 1.45. The maximum absolute atomic E-state index is 5.52. The normalized spacial score (nSPS) is 10.1. The van der Waals surface area contributed by atoms with Crippen molar-refractivity contribution in [3.05, 3.63) is 0 Å². The molecule has 78 valence electrons. The van der Waals surface area contributed by atoms with Crippen molar-refractivity contribution < 1.29 is 0 Å². The molecule has 0 atom stereocenters. The first-order chi connectivity index (χ1) is 6.76. The summed E-state index contributed by atoms with van der Waals surface area (Å²) in [4.78, 5) is 12.1. The van der Waals surface area contributed by atoms with E-state index < -0.39 is 0 Å². The smallest absolute Gasteiger partial charge is 0.228 e. The van der Waals surface area contributed by atoms with Crippen LogP contribution in [0.5, 0.6) is 0 Å². The number of aromatic nitrogens is 3. The molecule has 0 aliphatic carbocycles. The van der Waals surface area contributed by atoms with Crippen LogP contribution >= 0.6 is 11.8 Å². The van der Waals surface area contributed by atoms with Gasteiger partial charge in [0.05, 0.1) is 0 Å². The molecule has 1 aromatic rings. The van der Waals surface area contributed by atoms with Gasteiger partial charge in [0, 0.05) is 6.54 Å². The van der Waals surface area contributed by atoms with Gasteiger partial charge in [0.2, 0.25) is 11.9 Å². The molecule has 0 spiro atoms. The number of hydrogen-bond donors (Lipinski definition) is 2. The number of thioether (sulfide) groups is 1. The summed E-state index contributed by atoms with van der Waals surface area (Å²) in [5, 5.41) is 3.76. The maximum atomic E-state index is 5.52. The summed E-state index contributed by atoms with van der Waals surface area (Å²) in [7, 11) is 0. The predicted octanol–water partition coefficient (Wildman–Crippen LogP) is 1.39. The highest BCUT2D eigenvalue weighted by atomic mass is 32.2. The molecule has 0 aliphatic heterocycles. The molecule has 3 N–H and O–H groups in total. The SMILES string of the molecule is CCCCNc1nc(N)nc(SC)n1. The van der Waals surface area contributed by atoms with Crippen molar-refractivity contribution in [3.63, 3.8) is 0 Å².